The first kappa shape index (κ1) is 25.7. The van der Waals surface area contributed by atoms with Crippen LogP contribution in [0.3, 0.4) is 0 Å². The van der Waals surface area contributed by atoms with Crippen molar-refractivity contribution in [3.8, 4) is 11.5 Å². The molecule has 0 amide bonds. The number of rotatable bonds is 12. The summed E-state index contributed by atoms with van der Waals surface area (Å²) in [6, 6.07) is 12.1. The van der Waals surface area contributed by atoms with E-state index in [1.807, 2.05) is 50.2 Å². The maximum absolute atomic E-state index is 11.3. The third kappa shape index (κ3) is 7.24. The Morgan fingerprint density at radius 2 is 1.15 bits per heavy atom. The zero-order valence-electron chi connectivity index (χ0n) is 19.8. The maximum atomic E-state index is 11.3. The molecule has 0 aliphatic heterocycles. The topological polar surface area (TPSA) is 71.1 Å². The summed E-state index contributed by atoms with van der Waals surface area (Å²) in [6.07, 6.45) is 2.25. The monoisotopic (exact) mass is 452 g/mol. The third-order valence-electron chi connectivity index (χ3n) is 5.12. The van der Waals surface area contributed by atoms with Crippen LogP contribution in [0.25, 0.3) is 0 Å². The average molecular weight is 453 g/mol. The van der Waals surface area contributed by atoms with Crippen molar-refractivity contribution in [2.75, 3.05) is 26.4 Å². The van der Waals surface area contributed by atoms with Crippen molar-refractivity contribution in [2.45, 2.75) is 33.1 Å². The zero-order valence-corrected chi connectivity index (χ0v) is 19.8. The summed E-state index contributed by atoms with van der Waals surface area (Å²) in [7, 11) is 0. The summed E-state index contributed by atoms with van der Waals surface area (Å²) < 4.78 is 22.0. The highest BCUT2D eigenvalue weighted by molar-refractivity contribution is 5.81. The van der Waals surface area contributed by atoms with E-state index in [1.165, 1.54) is 0 Å². The number of hydrogen-bond donors (Lipinski definition) is 0. The number of carbonyl (C=O) groups is 2. The predicted molar refractivity (Wildman–Crippen MR) is 128 cm³/mol. The quantitative estimate of drug-likeness (QED) is 0.261. The molecule has 0 unspecified atom stereocenters. The number of esters is 2. The molecule has 0 bridgehead atoms. The average Bonchev–Trinajstić information content (AvgIpc) is 2.78. The summed E-state index contributed by atoms with van der Waals surface area (Å²) in [5.74, 6) is 0.453. The van der Waals surface area contributed by atoms with Crippen LogP contribution in [0.2, 0.25) is 0 Å². The standard InChI is InChI=1S/C27H32O6/c1-7-25(28)32-15-13-30-23-17-19(3)9-11-21(23)27(5,6)22-12-10-20(4)18-24(22)31-14-16-33-26(29)8-2/h7-12,17-18H,1-2,13-16H2,3-6H3. The van der Waals surface area contributed by atoms with Crippen LogP contribution < -0.4 is 9.47 Å². The molecule has 33 heavy (non-hydrogen) atoms. The Morgan fingerprint density at radius 3 is 1.52 bits per heavy atom. The molecule has 2 rings (SSSR count). The maximum Gasteiger partial charge on any atom is 0.330 e. The van der Waals surface area contributed by atoms with E-state index in [-0.39, 0.29) is 26.4 Å². The Bertz CT molecular complexity index is 926. The van der Waals surface area contributed by atoms with Gasteiger partial charge in [-0.05, 0) is 37.1 Å². The molecule has 2 aromatic rings. The van der Waals surface area contributed by atoms with Gasteiger partial charge in [-0.25, -0.2) is 9.59 Å². The van der Waals surface area contributed by atoms with Crippen LogP contribution in [0.5, 0.6) is 11.5 Å². The highest BCUT2D eigenvalue weighted by Crippen LogP contribution is 2.42. The van der Waals surface area contributed by atoms with Crippen molar-refractivity contribution in [2.24, 2.45) is 0 Å². The Labute approximate surface area is 195 Å². The first-order chi connectivity index (χ1) is 15.7. The molecule has 0 aliphatic rings. The molecular weight excluding hydrogens is 420 g/mol. The molecule has 0 saturated heterocycles. The van der Waals surface area contributed by atoms with Crippen LogP contribution >= 0.6 is 0 Å². The van der Waals surface area contributed by atoms with Gasteiger partial charge >= 0.3 is 11.9 Å². The van der Waals surface area contributed by atoms with E-state index in [9.17, 15) is 9.59 Å². The van der Waals surface area contributed by atoms with Crippen molar-refractivity contribution in [1.29, 1.82) is 0 Å². The van der Waals surface area contributed by atoms with E-state index in [0.29, 0.717) is 11.5 Å². The highest BCUT2D eigenvalue weighted by atomic mass is 16.6. The van der Waals surface area contributed by atoms with E-state index in [2.05, 4.69) is 27.0 Å². The van der Waals surface area contributed by atoms with Crippen LogP contribution in [0.4, 0.5) is 0 Å². The van der Waals surface area contributed by atoms with E-state index < -0.39 is 17.4 Å². The molecule has 6 heteroatoms. The minimum absolute atomic E-state index is 0.126. The summed E-state index contributed by atoms with van der Waals surface area (Å²) in [6.45, 7) is 15.6. The largest absolute Gasteiger partial charge is 0.490 e. The van der Waals surface area contributed by atoms with Gasteiger partial charge in [-0.1, -0.05) is 51.3 Å². The summed E-state index contributed by atoms with van der Waals surface area (Å²) in [4.78, 5) is 22.5. The van der Waals surface area contributed by atoms with E-state index >= 15 is 0 Å². The van der Waals surface area contributed by atoms with Gasteiger partial charge in [0.1, 0.15) is 37.9 Å². The minimum atomic E-state index is -0.483. The van der Waals surface area contributed by atoms with Gasteiger partial charge in [0, 0.05) is 28.7 Å². The van der Waals surface area contributed by atoms with E-state index in [0.717, 1.165) is 34.4 Å². The second kappa shape index (κ2) is 11.9. The Morgan fingerprint density at radius 1 is 0.758 bits per heavy atom. The lowest BCUT2D eigenvalue weighted by Gasteiger charge is -2.30. The lowest BCUT2D eigenvalue weighted by Crippen LogP contribution is -2.23. The fourth-order valence-corrected chi connectivity index (χ4v) is 3.38. The second-order valence-electron chi connectivity index (χ2n) is 8.06. The van der Waals surface area contributed by atoms with Crippen molar-refractivity contribution >= 4 is 11.9 Å². The SMILES string of the molecule is C=CC(=O)OCCOc1cc(C)ccc1C(C)(C)c1ccc(C)cc1OCCOC(=O)C=C. The summed E-state index contributed by atoms with van der Waals surface area (Å²) in [5, 5.41) is 0. The third-order valence-corrected chi connectivity index (χ3v) is 5.12. The molecular formula is C27H32O6. The normalized spacial score (nSPS) is 10.8. The van der Waals surface area contributed by atoms with Gasteiger partial charge in [-0.3, -0.25) is 0 Å². The van der Waals surface area contributed by atoms with E-state index in [1.54, 1.807) is 0 Å². The lowest BCUT2D eigenvalue weighted by molar-refractivity contribution is -0.139. The Balaban J connectivity index is 2.27. The van der Waals surface area contributed by atoms with Crippen molar-refractivity contribution in [3.05, 3.63) is 84.0 Å². The van der Waals surface area contributed by atoms with E-state index in [4.69, 9.17) is 18.9 Å². The number of hydrogen-bond acceptors (Lipinski definition) is 6. The molecule has 0 aliphatic carbocycles. The molecule has 0 radical (unpaired) electrons. The highest BCUT2D eigenvalue weighted by Gasteiger charge is 2.30. The molecule has 0 saturated carbocycles. The molecule has 0 N–H and O–H groups in total. The number of aryl methyl sites for hydroxylation is 2. The van der Waals surface area contributed by atoms with Gasteiger partial charge < -0.3 is 18.9 Å². The summed E-state index contributed by atoms with van der Waals surface area (Å²) in [5.41, 5.74) is 3.57. The fourth-order valence-electron chi connectivity index (χ4n) is 3.38. The number of carbonyl (C=O) groups excluding carboxylic acids is 2. The smallest absolute Gasteiger partial charge is 0.330 e. The van der Waals surface area contributed by atoms with Gasteiger partial charge in [0.2, 0.25) is 0 Å². The molecule has 176 valence electrons. The van der Waals surface area contributed by atoms with Gasteiger partial charge in [-0.2, -0.15) is 0 Å². The van der Waals surface area contributed by atoms with Crippen LogP contribution in [-0.2, 0) is 24.5 Å². The lowest BCUT2D eigenvalue weighted by atomic mass is 9.76. The van der Waals surface area contributed by atoms with Crippen LogP contribution in [0, 0.1) is 13.8 Å². The number of benzene rings is 2. The van der Waals surface area contributed by atoms with Crippen molar-refractivity contribution < 1.29 is 28.5 Å². The first-order valence-electron chi connectivity index (χ1n) is 10.7. The zero-order chi connectivity index (χ0) is 24.4. The predicted octanol–water partition coefficient (Wildman–Crippen LogP) is 4.85. The Kier molecular flexibility index (Phi) is 9.28. The molecule has 0 fully saturated rings. The van der Waals surface area contributed by atoms with Crippen LogP contribution in [0.15, 0.2) is 61.7 Å². The fraction of sp³-hybridized carbons (Fsp3) is 0.333. The minimum Gasteiger partial charge on any atom is -0.490 e. The van der Waals surface area contributed by atoms with Gasteiger partial charge in [-0.15, -0.1) is 0 Å². The molecule has 0 atom stereocenters. The molecule has 0 heterocycles. The van der Waals surface area contributed by atoms with Gasteiger partial charge in [0.15, 0.2) is 0 Å². The first-order valence-corrected chi connectivity index (χ1v) is 10.7. The Hall–Kier alpha value is -3.54. The molecule has 2 aromatic carbocycles. The molecule has 6 nitrogen and oxygen atoms in total. The van der Waals surface area contributed by atoms with Gasteiger partial charge in [0.25, 0.3) is 0 Å². The molecule has 0 spiro atoms. The summed E-state index contributed by atoms with van der Waals surface area (Å²) >= 11 is 0. The van der Waals surface area contributed by atoms with Crippen molar-refractivity contribution in [3.63, 3.8) is 0 Å². The van der Waals surface area contributed by atoms with Gasteiger partial charge in [0.05, 0.1) is 0 Å². The van der Waals surface area contributed by atoms with Crippen LogP contribution in [0.1, 0.15) is 36.1 Å². The second-order valence-corrected chi connectivity index (χ2v) is 8.06. The molecule has 0 aromatic heterocycles. The number of ether oxygens (including phenoxy) is 4. The van der Waals surface area contributed by atoms with Crippen molar-refractivity contribution in [1.82, 2.24) is 0 Å². The van der Waals surface area contributed by atoms with Crippen LogP contribution in [-0.4, -0.2) is 38.4 Å².